The number of ketones is 1. The van der Waals surface area contributed by atoms with E-state index < -0.39 is 12.0 Å². The van der Waals surface area contributed by atoms with E-state index >= 15 is 0 Å². The molecule has 7 atom stereocenters. The third-order valence-corrected chi connectivity index (χ3v) is 7.41. The van der Waals surface area contributed by atoms with Crippen molar-refractivity contribution in [1.82, 2.24) is 0 Å². The number of Topliss-reactive ketones (excluding diaryl/α,β-unsaturated/α-hetero) is 1. The number of hydrogen-bond donors (Lipinski definition) is 1. The van der Waals surface area contributed by atoms with Crippen LogP contribution in [0.4, 0.5) is 0 Å². The molecule has 6 nitrogen and oxygen atoms in total. The van der Waals surface area contributed by atoms with Crippen molar-refractivity contribution in [3.05, 3.63) is 71.4 Å². The van der Waals surface area contributed by atoms with Crippen LogP contribution in [0.3, 0.4) is 0 Å². The number of allylic oxidation sites excluding steroid dienone is 7. The summed E-state index contributed by atoms with van der Waals surface area (Å²) < 4.78 is 10.3. The van der Waals surface area contributed by atoms with Gasteiger partial charge in [-0.3, -0.25) is 4.79 Å². The maximum Gasteiger partial charge on any atom is 0.331 e. The van der Waals surface area contributed by atoms with Gasteiger partial charge in [0.1, 0.15) is 18.5 Å². The second-order valence-electron chi connectivity index (χ2n) is 11.2. The average Bonchev–Trinajstić information content (AvgIpc) is 3.30. The summed E-state index contributed by atoms with van der Waals surface area (Å²) in [6.07, 6.45) is 18.5. The van der Waals surface area contributed by atoms with Crippen LogP contribution in [0, 0.1) is 29.6 Å². The third-order valence-electron chi connectivity index (χ3n) is 7.41. The van der Waals surface area contributed by atoms with Crippen molar-refractivity contribution in [1.29, 1.82) is 0 Å². The summed E-state index contributed by atoms with van der Waals surface area (Å²) in [6, 6.07) is 0. The summed E-state index contributed by atoms with van der Waals surface area (Å²) in [6.45, 7) is 14.1. The van der Waals surface area contributed by atoms with Crippen LogP contribution in [-0.2, 0) is 23.9 Å². The van der Waals surface area contributed by atoms with Gasteiger partial charge in [0.05, 0.1) is 6.10 Å². The predicted octanol–water partition coefficient (Wildman–Crippen LogP) is 6.24. The van der Waals surface area contributed by atoms with Crippen LogP contribution < -0.4 is 0 Å². The van der Waals surface area contributed by atoms with E-state index in [9.17, 15) is 19.5 Å². The van der Waals surface area contributed by atoms with E-state index in [2.05, 4.69) is 32.1 Å². The fourth-order valence-electron chi connectivity index (χ4n) is 4.92. The first-order valence-corrected chi connectivity index (χ1v) is 14.1. The quantitative estimate of drug-likeness (QED) is 0.208. The van der Waals surface area contributed by atoms with E-state index in [-0.39, 0.29) is 48.2 Å². The fourth-order valence-corrected chi connectivity index (χ4v) is 4.92. The highest BCUT2D eigenvalue weighted by Crippen LogP contribution is 2.25. The molecule has 2 aliphatic heterocycles. The first-order chi connectivity index (χ1) is 18.4. The van der Waals surface area contributed by atoms with Crippen molar-refractivity contribution < 1.29 is 29.0 Å². The molecule has 0 aromatic rings. The number of cyclic esters (lactones) is 2. The van der Waals surface area contributed by atoms with Gasteiger partial charge >= 0.3 is 11.9 Å². The highest BCUT2D eigenvalue weighted by molar-refractivity contribution is 5.86. The van der Waals surface area contributed by atoms with Crippen LogP contribution in [0.25, 0.3) is 0 Å². The molecule has 2 rings (SSSR count). The summed E-state index contributed by atoms with van der Waals surface area (Å²) >= 11 is 0. The zero-order valence-corrected chi connectivity index (χ0v) is 24.6. The van der Waals surface area contributed by atoms with Crippen molar-refractivity contribution in [2.75, 3.05) is 6.61 Å². The SMILES string of the molecule is CCC(=C/C(C)C/C=C/C(C)=C/C(C)C(=O)C(C)C(O)C(C)CC1=CC(=O)OC1)/C=C/C1OC(=O)C=CC1C. The molecule has 0 aromatic carbocycles. The zero-order chi connectivity index (χ0) is 29.1. The molecule has 0 spiro atoms. The Kier molecular flexibility index (Phi) is 12.9. The van der Waals surface area contributed by atoms with Gasteiger partial charge in [-0.1, -0.05) is 89.1 Å². The van der Waals surface area contributed by atoms with E-state index in [1.807, 2.05) is 52.0 Å². The predicted molar refractivity (Wildman–Crippen MR) is 155 cm³/mol. The average molecular weight is 539 g/mol. The van der Waals surface area contributed by atoms with E-state index in [0.29, 0.717) is 12.3 Å². The molecule has 39 heavy (non-hydrogen) atoms. The van der Waals surface area contributed by atoms with Gasteiger partial charge in [0, 0.05) is 29.9 Å². The first-order valence-electron chi connectivity index (χ1n) is 14.1. The smallest absolute Gasteiger partial charge is 0.331 e. The Bertz CT molecular complexity index is 1060. The lowest BCUT2D eigenvalue weighted by Crippen LogP contribution is -2.34. The Morgan fingerprint density at radius 1 is 1.13 bits per heavy atom. The molecule has 6 heteroatoms. The van der Waals surface area contributed by atoms with E-state index in [1.165, 1.54) is 17.7 Å². The van der Waals surface area contributed by atoms with Crippen molar-refractivity contribution in [2.45, 2.75) is 79.9 Å². The molecule has 0 amide bonds. The maximum atomic E-state index is 13.0. The summed E-state index contributed by atoms with van der Waals surface area (Å²) in [5.74, 6) is -1.14. The van der Waals surface area contributed by atoms with Crippen molar-refractivity contribution in [3.8, 4) is 0 Å². The van der Waals surface area contributed by atoms with Crippen LogP contribution in [0.2, 0.25) is 0 Å². The second-order valence-corrected chi connectivity index (χ2v) is 11.2. The molecule has 2 heterocycles. The van der Waals surface area contributed by atoms with Gasteiger partial charge in [0.15, 0.2) is 0 Å². The molecular formula is C33H46O6. The van der Waals surface area contributed by atoms with Gasteiger partial charge in [-0.2, -0.15) is 0 Å². The van der Waals surface area contributed by atoms with Gasteiger partial charge in [-0.05, 0) is 49.7 Å². The van der Waals surface area contributed by atoms with Crippen molar-refractivity contribution >= 4 is 17.7 Å². The lowest BCUT2D eigenvalue weighted by Gasteiger charge is -2.25. The largest absolute Gasteiger partial charge is 0.458 e. The number of aliphatic hydroxyl groups excluding tert-OH is 1. The number of aliphatic hydroxyl groups is 1. The van der Waals surface area contributed by atoms with Gasteiger partial charge in [0.25, 0.3) is 0 Å². The molecule has 0 fully saturated rings. The summed E-state index contributed by atoms with van der Waals surface area (Å²) in [7, 11) is 0. The van der Waals surface area contributed by atoms with E-state index in [4.69, 9.17) is 9.47 Å². The molecule has 1 N–H and O–H groups in total. The van der Waals surface area contributed by atoms with E-state index in [1.54, 1.807) is 6.92 Å². The van der Waals surface area contributed by atoms with Gasteiger partial charge < -0.3 is 14.6 Å². The second kappa shape index (κ2) is 15.6. The van der Waals surface area contributed by atoms with Crippen LogP contribution in [0.5, 0.6) is 0 Å². The minimum atomic E-state index is -0.792. The Labute approximate surface area is 234 Å². The molecule has 7 unspecified atom stereocenters. The lowest BCUT2D eigenvalue weighted by atomic mass is 9.83. The Morgan fingerprint density at radius 3 is 2.49 bits per heavy atom. The normalized spacial score (nSPS) is 24.4. The Morgan fingerprint density at radius 2 is 1.85 bits per heavy atom. The molecule has 0 aliphatic carbocycles. The number of ether oxygens (including phenoxy) is 2. The minimum Gasteiger partial charge on any atom is -0.458 e. The molecule has 0 bridgehead atoms. The molecule has 0 radical (unpaired) electrons. The zero-order valence-electron chi connectivity index (χ0n) is 24.6. The highest BCUT2D eigenvalue weighted by atomic mass is 16.5. The van der Waals surface area contributed by atoms with Crippen molar-refractivity contribution in [3.63, 3.8) is 0 Å². The monoisotopic (exact) mass is 538 g/mol. The van der Waals surface area contributed by atoms with Gasteiger partial charge in [0.2, 0.25) is 0 Å². The van der Waals surface area contributed by atoms with Gasteiger partial charge in [-0.25, -0.2) is 9.59 Å². The van der Waals surface area contributed by atoms with Crippen LogP contribution >= 0.6 is 0 Å². The molecule has 214 valence electrons. The van der Waals surface area contributed by atoms with Crippen LogP contribution in [0.15, 0.2) is 71.4 Å². The molecule has 2 aliphatic rings. The first kappa shape index (κ1) is 32.2. The number of carbonyl (C=O) groups is 3. The molecule has 0 aromatic heterocycles. The number of esters is 2. The number of carbonyl (C=O) groups excluding carboxylic acids is 3. The Hall–Kier alpha value is -2.99. The van der Waals surface area contributed by atoms with Gasteiger partial charge in [-0.15, -0.1) is 0 Å². The summed E-state index contributed by atoms with van der Waals surface area (Å²) in [5.41, 5.74) is 3.06. The topological polar surface area (TPSA) is 89.9 Å². The van der Waals surface area contributed by atoms with Crippen LogP contribution in [-0.4, -0.2) is 41.6 Å². The van der Waals surface area contributed by atoms with Crippen LogP contribution in [0.1, 0.15) is 67.7 Å². The third kappa shape index (κ3) is 10.6. The molecular weight excluding hydrogens is 492 g/mol. The highest BCUT2D eigenvalue weighted by Gasteiger charge is 2.30. The number of rotatable bonds is 14. The summed E-state index contributed by atoms with van der Waals surface area (Å²) in [4.78, 5) is 35.8. The lowest BCUT2D eigenvalue weighted by molar-refractivity contribution is -0.143. The Balaban J connectivity index is 1.88. The fraction of sp³-hybridized carbons (Fsp3) is 0.545. The maximum absolute atomic E-state index is 13.0. The molecule has 0 saturated heterocycles. The minimum absolute atomic E-state index is 0.000964. The van der Waals surface area contributed by atoms with E-state index in [0.717, 1.165) is 24.0 Å². The molecule has 0 saturated carbocycles. The summed E-state index contributed by atoms with van der Waals surface area (Å²) in [5, 5.41) is 10.8. The number of hydrogen-bond acceptors (Lipinski definition) is 6. The standard InChI is InChI=1S/C33H46O6/c1-8-27(13-14-29-23(4)12-15-30(34)39-29)17-22(3)11-9-10-21(2)16-24(5)32(36)26(7)33(37)25(6)18-28-19-31(35)38-20-28/h9-10,12-17,19,22-26,29,33,37H,8,11,18,20H2,1-7H3/b10-9+,14-13+,21-16+,27-17-. The van der Waals surface area contributed by atoms with Crippen molar-refractivity contribution in [2.24, 2.45) is 29.6 Å².